The molecule has 6 nitrogen and oxygen atoms in total. The molecule has 0 saturated carbocycles. The minimum atomic E-state index is -1.02. The number of nitrogens with zero attached hydrogens (tertiary/aromatic N) is 2. The second-order valence-corrected chi connectivity index (χ2v) is 12.0. The number of Topliss-reactive ketones (excluding diaryl/α,β-unsaturated/α-hetero) is 1. The van der Waals surface area contributed by atoms with Crippen LogP contribution in [0.25, 0.3) is 5.57 Å². The second kappa shape index (κ2) is 10.4. The number of hydrogen-bond donors (Lipinski definition) is 1. The topological polar surface area (TPSA) is 69.8 Å². The van der Waals surface area contributed by atoms with Crippen molar-refractivity contribution in [2.45, 2.75) is 72.1 Å². The van der Waals surface area contributed by atoms with Crippen LogP contribution in [0, 0.1) is 0 Å². The molecule has 0 amide bonds. The van der Waals surface area contributed by atoms with Crippen LogP contribution in [-0.4, -0.2) is 43.0 Å². The van der Waals surface area contributed by atoms with Gasteiger partial charge in [-0.3, -0.25) is 4.79 Å². The molecule has 5 aliphatic rings. The number of hydrogen-bond acceptors (Lipinski definition) is 4. The highest BCUT2D eigenvalue weighted by molar-refractivity contribution is 6.02. The zero-order chi connectivity index (χ0) is 29.1. The monoisotopic (exact) mass is 563 g/mol. The zero-order valence-corrected chi connectivity index (χ0v) is 24.9. The molecule has 0 unspecified atom stereocenters. The zero-order valence-electron chi connectivity index (χ0n) is 24.9. The molecule has 0 aromatic heterocycles. The Morgan fingerprint density at radius 2 is 1.55 bits per heavy atom. The molecule has 5 aliphatic heterocycles. The summed E-state index contributed by atoms with van der Waals surface area (Å²) in [5, 5.41) is 12.7. The van der Waals surface area contributed by atoms with Crippen molar-refractivity contribution in [3.8, 4) is 11.5 Å². The highest BCUT2D eigenvalue weighted by atomic mass is 16.5. The molecule has 0 bridgehead atoms. The van der Waals surface area contributed by atoms with Gasteiger partial charge in [0.05, 0.1) is 11.1 Å². The third-order valence-corrected chi connectivity index (χ3v) is 9.61. The van der Waals surface area contributed by atoms with E-state index in [9.17, 15) is 14.7 Å². The largest absolute Gasteiger partial charge is 0.478 e. The molecule has 0 saturated heterocycles. The van der Waals surface area contributed by atoms with Crippen LogP contribution in [0.1, 0.15) is 101 Å². The minimum absolute atomic E-state index is 0.135. The maximum atomic E-state index is 12.7. The number of ketones is 1. The summed E-state index contributed by atoms with van der Waals surface area (Å²) in [6, 6.07) is 9.75. The molecule has 0 fully saturated rings. The van der Waals surface area contributed by atoms with Crippen LogP contribution in [0.4, 0.5) is 5.69 Å². The van der Waals surface area contributed by atoms with E-state index in [2.05, 4.69) is 21.6 Å². The summed E-state index contributed by atoms with van der Waals surface area (Å²) in [5.41, 5.74) is 9.76. The Morgan fingerprint density at radius 3 is 2.31 bits per heavy atom. The summed E-state index contributed by atoms with van der Waals surface area (Å²) in [7, 11) is 0. The average molecular weight is 564 g/mol. The van der Waals surface area contributed by atoms with Gasteiger partial charge in [0.25, 0.3) is 0 Å². The fourth-order valence-corrected chi connectivity index (χ4v) is 7.96. The van der Waals surface area contributed by atoms with Gasteiger partial charge in [-0.05, 0) is 74.8 Å². The lowest BCUT2D eigenvalue weighted by Gasteiger charge is -2.39. The predicted molar refractivity (Wildman–Crippen MR) is 165 cm³/mol. The number of anilines is 1. The molecule has 216 valence electrons. The first-order valence-electron chi connectivity index (χ1n) is 15.8. The molecule has 3 aromatic carbocycles. The third-order valence-electron chi connectivity index (χ3n) is 9.61. The van der Waals surface area contributed by atoms with Gasteiger partial charge in [0.15, 0.2) is 5.78 Å². The number of benzene rings is 3. The van der Waals surface area contributed by atoms with Crippen molar-refractivity contribution < 1.29 is 19.4 Å². The average Bonchev–Trinajstić information content (AvgIpc) is 3.01. The third kappa shape index (κ3) is 4.02. The van der Waals surface area contributed by atoms with Crippen LogP contribution in [0.2, 0.25) is 0 Å². The summed E-state index contributed by atoms with van der Waals surface area (Å²) < 4.78 is 9.58. The smallest absolute Gasteiger partial charge is 0.336 e. The number of rotatable bonds is 3. The van der Waals surface area contributed by atoms with Crippen molar-refractivity contribution >= 4 is 23.0 Å². The van der Waals surface area contributed by atoms with Crippen molar-refractivity contribution in [2.24, 2.45) is 0 Å². The number of carbonyl (C=O) groups excluding carboxylic acids is 1. The summed E-state index contributed by atoms with van der Waals surface area (Å²) >= 11 is 0. The molecule has 0 atom stereocenters. The number of aryl methyl sites for hydroxylation is 2. The number of carboxylic acid groups (broad SMARTS) is 1. The van der Waals surface area contributed by atoms with Gasteiger partial charge in [0.2, 0.25) is 5.36 Å². The highest BCUT2D eigenvalue weighted by Gasteiger charge is 2.36. The van der Waals surface area contributed by atoms with E-state index in [1.54, 1.807) is 12.1 Å². The van der Waals surface area contributed by atoms with Gasteiger partial charge in [-0.25, -0.2) is 9.37 Å². The van der Waals surface area contributed by atoms with Gasteiger partial charge in [-0.15, -0.1) is 0 Å². The van der Waals surface area contributed by atoms with Crippen molar-refractivity contribution in [1.82, 2.24) is 4.58 Å². The van der Waals surface area contributed by atoms with Crippen LogP contribution in [0.15, 0.2) is 30.3 Å². The molecular formula is C36H39N2O4+. The van der Waals surface area contributed by atoms with E-state index in [4.69, 9.17) is 4.74 Å². The second-order valence-electron chi connectivity index (χ2n) is 12.0. The van der Waals surface area contributed by atoms with Crippen molar-refractivity contribution in [3.63, 3.8) is 0 Å². The Kier molecular flexibility index (Phi) is 6.68. The number of aromatic carboxylic acids is 1. The molecular weight excluding hydrogens is 524 g/mol. The number of ether oxygens (including phenoxy) is 1. The molecule has 42 heavy (non-hydrogen) atoms. The van der Waals surface area contributed by atoms with Gasteiger partial charge in [-0.2, -0.15) is 0 Å². The Bertz CT molecular complexity index is 1800. The lowest BCUT2D eigenvalue weighted by atomic mass is 9.81. The Morgan fingerprint density at radius 1 is 0.833 bits per heavy atom. The first-order chi connectivity index (χ1) is 20.5. The van der Waals surface area contributed by atoms with Gasteiger partial charge in [-0.1, -0.05) is 26.0 Å². The van der Waals surface area contributed by atoms with Gasteiger partial charge >= 0.3 is 5.97 Å². The Labute approximate surface area is 246 Å². The van der Waals surface area contributed by atoms with Crippen LogP contribution < -0.4 is 24.8 Å². The molecule has 8 rings (SSSR count). The molecule has 3 aromatic rings. The van der Waals surface area contributed by atoms with Gasteiger partial charge in [0.1, 0.15) is 24.6 Å². The lowest BCUT2D eigenvalue weighted by Crippen LogP contribution is -2.45. The molecule has 6 heteroatoms. The molecule has 1 N–H and O–H groups in total. The van der Waals surface area contributed by atoms with Crippen molar-refractivity contribution in [2.75, 3.05) is 31.1 Å². The normalized spacial score (nSPS) is 17.5. The van der Waals surface area contributed by atoms with E-state index < -0.39 is 5.97 Å². The standard InChI is InChI=1S/C34H32N2O4.C2H6/c1-19(37)20-10-11-23(26(16-20)34(38)39)29-27-17-21-6-2-12-35-14-4-8-24(30(21)35)32(27)40-33-25-9-5-15-36-13-3-7-22(31(25)36)18-28(29)33;1-2/h10-11,16-18H,2-9,12-15H2,1H3;1-2H3/p+1. The van der Waals surface area contributed by atoms with Gasteiger partial charge < -0.3 is 14.7 Å². The van der Waals surface area contributed by atoms with E-state index in [1.807, 2.05) is 19.9 Å². The van der Waals surface area contributed by atoms with Crippen LogP contribution in [0.3, 0.4) is 0 Å². The molecule has 5 heterocycles. The number of fused-ring (bicyclic) bond motifs is 4. The van der Waals surface area contributed by atoms with E-state index in [-0.39, 0.29) is 11.3 Å². The number of carbonyl (C=O) groups is 2. The van der Waals surface area contributed by atoms with E-state index in [0.29, 0.717) is 11.1 Å². The first kappa shape index (κ1) is 26.9. The van der Waals surface area contributed by atoms with Crippen LogP contribution in [-0.2, 0) is 25.7 Å². The van der Waals surface area contributed by atoms with E-state index in [0.717, 1.165) is 105 Å². The SMILES string of the molecule is CC.CC(=O)c1ccc(C2=c3cc4c5c(c3Oc3c2cc2c6c3CCCN6CCC2)CCC[N+]=5CCC4)c(C(=O)O)c1. The Hall–Kier alpha value is -3.93. The first-order valence-corrected chi connectivity index (χ1v) is 15.8. The fourth-order valence-electron chi connectivity index (χ4n) is 7.96. The number of carboxylic acids is 1. The highest BCUT2D eigenvalue weighted by Crippen LogP contribution is 2.48. The van der Waals surface area contributed by atoms with E-state index >= 15 is 0 Å². The summed E-state index contributed by atoms with van der Waals surface area (Å²) in [6.07, 6.45) is 8.40. The van der Waals surface area contributed by atoms with Crippen molar-refractivity contribution in [3.05, 3.63) is 85.4 Å². The maximum Gasteiger partial charge on any atom is 0.336 e. The fraction of sp³-hybridized carbons (Fsp3) is 0.417. The molecule has 0 spiro atoms. The molecule has 0 aliphatic carbocycles. The van der Waals surface area contributed by atoms with Gasteiger partial charge in [0, 0.05) is 64.7 Å². The van der Waals surface area contributed by atoms with E-state index in [1.165, 1.54) is 40.2 Å². The van der Waals surface area contributed by atoms with Crippen LogP contribution >= 0.6 is 0 Å². The minimum Gasteiger partial charge on any atom is -0.478 e. The Balaban J connectivity index is 0.00000141. The molecule has 0 radical (unpaired) electrons. The lowest BCUT2D eigenvalue weighted by molar-refractivity contribution is 0.0696. The van der Waals surface area contributed by atoms with Crippen molar-refractivity contribution in [1.29, 1.82) is 0 Å². The summed E-state index contributed by atoms with van der Waals surface area (Å²) in [5.74, 6) is 0.660. The quantitative estimate of drug-likeness (QED) is 0.279. The predicted octanol–water partition coefficient (Wildman–Crippen LogP) is 5.05. The summed E-state index contributed by atoms with van der Waals surface area (Å²) in [6.45, 7) is 9.80. The summed E-state index contributed by atoms with van der Waals surface area (Å²) in [4.78, 5) is 27.5. The van der Waals surface area contributed by atoms with Crippen LogP contribution in [0.5, 0.6) is 11.5 Å². The maximum absolute atomic E-state index is 12.7.